The molecule has 0 N–H and O–H groups in total. The van der Waals surface area contributed by atoms with Gasteiger partial charge in [-0.05, 0) is 44.7 Å². The van der Waals surface area contributed by atoms with Gasteiger partial charge in [0.25, 0.3) is 5.56 Å². The van der Waals surface area contributed by atoms with Crippen LogP contribution in [0.15, 0.2) is 34.4 Å². The zero-order valence-electron chi connectivity index (χ0n) is 17.2. The maximum absolute atomic E-state index is 13.5. The molecule has 148 valence electrons. The van der Waals surface area contributed by atoms with Gasteiger partial charge in [-0.2, -0.15) is 0 Å². The summed E-state index contributed by atoms with van der Waals surface area (Å²) in [6.45, 7) is 11.4. The molecule has 2 aromatic heterocycles. The lowest BCUT2D eigenvalue weighted by Gasteiger charge is -2.26. The van der Waals surface area contributed by atoms with Gasteiger partial charge in [0.15, 0.2) is 0 Å². The quantitative estimate of drug-likeness (QED) is 0.576. The van der Waals surface area contributed by atoms with Crippen LogP contribution in [0.3, 0.4) is 0 Å². The largest absolute Gasteiger partial charge is 0.464 e. The third-order valence-electron chi connectivity index (χ3n) is 5.00. The first-order chi connectivity index (χ1) is 13.2. The van der Waals surface area contributed by atoms with Crippen LogP contribution >= 0.6 is 11.3 Å². The molecule has 1 aromatic carbocycles. The maximum Gasteiger partial charge on any atom is 0.331 e. The molecule has 0 saturated heterocycles. The summed E-state index contributed by atoms with van der Waals surface area (Å²) >= 11 is 1.44. The average molecular weight is 399 g/mol. The number of benzene rings is 1. The Morgan fingerprint density at radius 3 is 2.46 bits per heavy atom. The molecule has 3 rings (SSSR count). The second-order valence-corrected chi connectivity index (χ2v) is 8.54. The molecule has 3 aromatic rings. The van der Waals surface area contributed by atoms with Gasteiger partial charge in [-0.15, -0.1) is 11.3 Å². The highest BCUT2D eigenvalue weighted by Gasteiger charge is 2.35. The van der Waals surface area contributed by atoms with E-state index in [2.05, 4.69) is 31.0 Å². The molecule has 5 nitrogen and oxygen atoms in total. The number of esters is 1. The van der Waals surface area contributed by atoms with E-state index in [0.29, 0.717) is 22.0 Å². The van der Waals surface area contributed by atoms with Gasteiger partial charge in [-0.3, -0.25) is 9.36 Å². The monoisotopic (exact) mass is 398 g/mol. The summed E-state index contributed by atoms with van der Waals surface area (Å²) in [5, 5.41) is 2.51. The van der Waals surface area contributed by atoms with E-state index < -0.39 is 11.5 Å². The van der Waals surface area contributed by atoms with Crippen LogP contribution in [-0.4, -0.2) is 22.1 Å². The number of nitrogens with zero attached hydrogens (tertiary/aromatic N) is 2. The van der Waals surface area contributed by atoms with Crippen molar-refractivity contribution < 1.29 is 9.53 Å². The van der Waals surface area contributed by atoms with E-state index in [0.717, 1.165) is 11.1 Å². The smallest absolute Gasteiger partial charge is 0.331 e. The lowest BCUT2D eigenvalue weighted by atomic mass is 9.99. The van der Waals surface area contributed by atoms with Crippen molar-refractivity contribution >= 4 is 27.5 Å². The normalized spacial score (nSPS) is 12.0. The number of aromatic nitrogens is 2. The fourth-order valence-corrected chi connectivity index (χ4v) is 4.39. The molecule has 0 saturated carbocycles. The summed E-state index contributed by atoms with van der Waals surface area (Å²) in [4.78, 5) is 31.2. The Balaban J connectivity index is 2.21. The Labute approximate surface area is 169 Å². The number of hydrogen-bond acceptors (Lipinski definition) is 5. The fourth-order valence-electron chi connectivity index (χ4n) is 3.41. The van der Waals surface area contributed by atoms with E-state index in [4.69, 9.17) is 4.74 Å². The first-order valence-electron chi connectivity index (χ1n) is 9.47. The Morgan fingerprint density at radius 1 is 1.25 bits per heavy atom. The SMILES string of the molecule is CCOC(=O)C(C)(C)n1c(C)nc2scc(-c3ccc(C(C)C)cc3)c2c1=O. The number of ether oxygens (including phenoxy) is 1. The molecule has 0 fully saturated rings. The number of thiophene rings is 1. The maximum atomic E-state index is 13.5. The van der Waals surface area contributed by atoms with Crippen molar-refractivity contribution in [3.63, 3.8) is 0 Å². The van der Waals surface area contributed by atoms with Crippen molar-refractivity contribution in [3.8, 4) is 11.1 Å². The molecular weight excluding hydrogens is 372 g/mol. The highest BCUT2D eigenvalue weighted by molar-refractivity contribution is 7.17. The molecule has 0 unspecified atom stereocenters. The standard InChI is InChI=1S/C22H26N2O3S/c1-7-27-21(26)22(5,6)24-14(4)23-19-18(20(24)25)17(12-28-19)16-10-8-15(9-11-16)13(2)3/h8-13H,7H2,1-6H3. The zero-order valence-corrected chi connectivity index (χ0v) is 18.0. The Bertz CT molecular complexity index is 1080. The Hall–Kier alpha value is -2.47. The molecule has 0 amide bonds. The van der Waals surface area contributed by atoms with Gasteiger partial charge < -0.3 is 4.74 Å². The second-order valence-electron chi connectivity index (χ2n) is 7.69. The Morgan fingerprint density at radius 2 is 1.89 bits per heavy atom. The molecule has 0 aliphatic rings. The molecule has 0 aliphatic heterocycles. The van der Waals surface area contributed by atoms with Gasteiger partial charge in [0, 0.05) is 10.9 Å². The van der Waals surface area contributed by atoms with E-state index in [-0.39, 0.29) is 12.2 Å². The van der Waals surface area contributed by atoms with Crippen molar-refractivity contribution in [1.29, 1.82) is 0 Å². The van der Waals surface area contributed by atoms with E-state index >= 15 is 0 Å². The van der Waals surface area contributed by atoms with Crippen LogP contribution in [0.5, 0.6) is 0 Å². The topological polar surface area (TPSA) is 61.2 Å². The molecule has 0 aliphatic carbocycles. The first kappa shape index (κ1) is 20.3. The van der Waals surface area contributed by atoms with Gasteiger partial charge >= 0.3 is 5.97 Å². The van der Waals surface area contributed by atoms with Crippen molar-refractivity contribution in [2.75, 3.05) is 6.61 Å². The van der Waals surface area contributed by atoms with Gasteiger partial charge in [-0.1, -0.05) is 38.1 Å². The molecule has 0 bridgehead atoms. The van der Waals surface area contributed by atoms with Crippen molar-refractivity contribution in [1.82, 2.24) is 9.55 Å². The third-order valence-corrected chi connectivity index (χ3v) is 5.87. The summed E-state index contributed by atoms with van der Waals surface area (Å²) in [6, 6.07) is 8.26. The fraction of sp³-hybridized carbons (Fsp3) is 0.409. The van der Waals surface area contributed by atoms with Crippen LogP contribution < -0.4 is 5.56 Å². The van der Waals surface area contributed by atoms with Crippen molar-refractivity contribution in [3.05, 3.63) is 51.4 Å². The van der Waals surface area contributed by atoms with Crippen molar-refractivity contribution in [2.24, 2.45) is 0 Å². The van der Waals surface area contributed by atoms with E-state index in [9.17, 15) is 9.59 Å². The lowest BCUT2D eigenvalue weighted by Crippen LogP contribution is -2.45. The van der Waals surface area contributed by atoms with E-state index in [1.807, 2.05) is 17.5 Å². The molecule has 2 heterocycles. The lowest BCUT2D eigenvalue weighted by molar-refractivity contribution is -0.152. The predicted molar refractivity (Wildman–Crippen MR) is 114 cm³/mol. The third kappa shape index (κ3) is 3.37. The summed E-state index contributed by atoms with van der Waals surface area (Å²) in [5.74, 6) is 0.499. The minimum Gasteiger partial charge on any atom is -0.464 e. The van der Waals surface area contributed by atoms with Crippen LogP contribution in [0.25, 0.3) is 21.3 Å². The van der Waals surface area contributed by atoms with Gasteiger partial charge in [0.05, 0.1) is 12.0 Å². The Kier molecular flexibility index (Phi) is 5.44. The van der Waals surface area contributed by atoms with E-state index in [1.165, 1.54) is 21.5 Å². The summed E-state index contributed by atoms with van der Waals surface area (Å²) in [5.41, 5.74) is 1.71. The number of hydrogen-bond donors (Lipinski definition) is 0. The summed E-state index contributed by atoms with van der Waals surface area (Å²) in [7, 11) is 0. The average Bonchev–Trinajstić information content (AvgIpc) is 3.05. The highest BCUT2D eigenvalue weighted by atomic mass is 32.1. The molecule has 0 atom stereocenters. The molecule has 6 heteroatoms. The number of carbonyl (C=O) groups is 1. The minimum absolute atomic E-state index is 0.218. The van der Waals surface area contributed by atoms with Crippen LogP contribution in [0.1, 0.15) is 51.9 Å². The van der Waals surface area contributed by atoms with Crippen molar-refractivity contribution in [2.45, 2.75) is 53.0 Å². The molecule has 0 radical (unpaired) electrons. The number of rotatable bonds is 5. The van der Waals surface area contributed by atoms with Crippen LogP contribution in [0.4, 0.5) is 0 Å². The molecular formula is C22H26N2O3S. The zero-order chi connectivity index (χ0) is 20.6. The summed E-state index contributed by atoms with van der Waals surface area (Å²) < 4.78 is 6.64. The first-order valence-corrected chi connectivity index (χ1v) is 10.3. The highest BCUT2D eigenvalue weighted by Crippen LogP contribution is 2.32. The van der Waals surface area contributed by atoms with Crippen LogP contribution in [-0.2, 0) is 15.1 Å². The predicted octanol–water partition coefficient (Wildman–Crippen LogP) is 4.86. The number of fused-ring (bicyclic) bond motifs is 1. The van der Waals surface area contributed by atoms with Gasteiger partial charge in [-0.25, -0.2) is 9.78 Å². The van der Waals surface area contributed by atoms with Crippen LogP contribution in [0.2, 0.25) is 0 Å². The molecule has 0 spiro atoms. The number of carbonyl (C=O) groups excluding carboxylic acids is 1. The van der Waals surface area contributed by atoms with Crippen LogP contribution in [0, 0.1) is 6.92 Å². The second kappa shape index (κ2) is 7.51. The molecule has 28 heavy (non-hydrogen) atoms. The van der Waals surface area contributed by atoms with Gasteiger partial charge in [0.1, 0.15) is 16.2 Å². The minimum atomic E-state index is -1.14. The van der Waals surface area contributed by atoms with Gasteiger partial charge in [0.2, 0.25) is 0 Å². The van der Waals surface area contributed by atoms with E-state index in [1.54, 1.807) is 27.7 Å². The summed E-state index contributed by atoms with van der Waals surface area (Å²) in [6.07, 6.45) is 0. The number of aryl methyl sites for hydroxylation is 1.